The molecule has 2 atom stereocenters. The van der Waals surface area contributed by atoms with Crippen molar-refractivity contribution in [3.8, 4) is 0 Å². The number of thiophene rings is 1. The van der Waals surface area contributed by atoms with E-state index in [9.17, 15) is 19.4 Å². The molecule has 2 rings (SSSR count). The zero-order chi connectivity index (χ0) is 15.9. The Morgan fingerprint density at radius 2 is 1.95 bits per heavy atom. The summed E-state index contributed by atoms with van der Waals surface area (Å²) in [6, 6.07) is 10.0. The Bertz CT molecular complexity index is 618. The first kappa shape index (κ1) is 16.8. The highest BCUT2D eigenvalue weighted by Crippen LogP contribution is 2.29. The highest BCUT2D eigenvalue weighted by atomic mass is 32.1. The smallest absolute Gasteiger partial charge is 0.480 e. The van der Waals surface area contributed by atoms with E-state index in [0.717, 1.165) is 15.8 Å². The van der Waals surface area contributed by atoms with Crippen LogP contribution < -0.4 is 0 Å². The number of carbonyl (C=O) groups is 1. The van der Waals surface area contributed by atoms with Crippen LogP contribution in [0.1, 0.15) is 17.5 Å². The standard InChI is InChI=1S/C15H16NO4PS/c17-15(18)14(7-6-13-8-9-22-11-13)16(21(19)20)10-12-4-2-1-3-5-12/h1-5,8-9,11,14H,6-7,10H2,(H-,17,18,19,20)/p+1. The fourth-order valence-corrected chi connectivity index (χ4v) is 3.64. The van der Waals surface area contributed by atoms with Gasteiger partial charge < -0.3 is 5.11 Å². The molecule has 1 heterocycles. The second-order valence-corrected chi connectivity index (χ2v) is 6.66. The lowest BCUT2D eigenvalue weighted by Gasteiger charge is -2.17. The minimum absolute atomic E-state index is 0.132. The van der Waals surface area contributed by atoms with E-state index in [1.54, 1.807) is 11.3 Å². The monoisotopic (exact) mass is 338 g/mol. The van der Waals surface area contributed by atoms with Crippen LogP contribution in [-0.4, -0.2) is 26.7 Å². The first-order valence-corrected chi connectivity index (χ1v) is 8.89. The van der Waals surface area contributed by atoms with Gasteiger partial charge in [0, 0.05) is 0 Å². The van der Waals surface area contributed by atoms with E-state index in [0.29, 0.717) is 12.8 Å². The summed E-state index contributed by atoms with van der Waals surface area (Å²) in [6.45, 7) is 0.132. The van der Waals surface area contributed by atoms with Crippen molar-refractivity contribution in [2.24, 2.45) is 0 Å². The molecule has 7 heteroatoms. The SMILES string of the molecule is O=C(O)C(CCc1ccsc1)N(Cc1ccccc1)[P+](=O)O. The van der Waals surface area contributed by atoms with E-state index in [1.807, 2.05) is 47.2 Å². The summed E-state index contributed by atoms with van der Waals surface area (Å²) in [5.74, 6) is -1.08. The number of aliphatic carboxylic acids is 1. The zero-order valence-corrected chi connectivity index (χ0v) is 13.5. The molecule has 116 valence electrons. The molecule has 0 spiro atoms. The van der Waals surface area contributed by atoms with Gasteiger partial charge in [-0.05, 0) is 50.0 Å². The Labute approximate surface area is 133 Å². The molecule has 0 saturated carbocycles. The minimum atomic E-state index is -2.72. The van der Waals surface area contributed by atoms with Crippen molar-refractivity contribution >= 4 is 25.5 Å². The van der Waals surface area contributed by atoms with Gasteiger partial charge in [0.25, 0.3) is 0 Å². The van der Waals surface area contributed by atoms with E-state index in [1.165, 1.54) is 0 Å². The molecule has 2 aromatic rings. The summed E-state index contributed by atoms with van der Waals surface area (Å²) in [5, 5.41) is 13.3. The number of nitrogens with zero attached hydrogens (tertiary/aromatic N) is 1. The largest absolute Gasteiger partial charge is 0.614 e. The number of rotatable bonds is 8. The summed E-state index contributed by atoms with van der Waals surface area (Å²) in [5.41, 5.74) is 1.85. The van der Waals surface area contributed by atoms with E-state index in [4.69, 9.17) is 0 Å². The lowest BCUT2D eigenvalue weighted by Crippen LogP contribution is -2.36. The number of hydrogen-bond donors (Lipinski definition) is 2. The number of carboxylic acid groups (broad SMARTS) is 1. The molecule has 1 aromatic heterocycles. The minimum Gasteiger partial charge on any atom is -0.480 e. The Kier molecular flexibility index (Phi) is 6.21. The molecule has 0 radical (unpaired) electrons. The van der Waals surface area contributed by atoms with Gasteiger partial charge in [-0.2, -0.15) is 11.3 Å². The second-order valence-electron chi connectivity index (χ2n) is 4.86. The van der Waals surface area contributed by atoms with Gasteiger partial charge in [0.05, 0.1) is 6.54 Å². The molecule has 0 aliphatic rings. The van der Waals surface area contributed by atoms with Crippen LogP contribution in [0.2, 0.25) is 0 Å². The van der Waals surface area contributed by atoms with Crippen LogP contribution in [0.15, 0.2) is 47.2 Å². The molecule has 1 aromatic carbocycles. The molecule has 5 nitrogen and oxygen atoms in total. The summed E-state index contributed by atoms with van der Waals surface area (Å²) in [4.78, 5) is 21.0. The van der Waals surface area contributed by atoms with Gasteiger partial charge in [-0.1, -0.05) is 30.3 Å². The third-order valence-electron chi connectivity index (χ3n) is 3.34. The molecule has 0 fully saturated rings. The Balaban J connectivity index is 2.11. The van der Waals surface area contributed by atoms with Gasteiger partial charge in [0.2, 0.25) is 0 Å². The molecule has 0 aliphatic heterocycles. The zero-order valence-electron chi connectivity index (χ0n) is 11.8. The quantitative estimate of drug-likeness (QED) is 0.722. The molecule has 0 aliphatic carbocycles. The summed E-state index contributed by atoms with van der Waals surface area (Å²) in [6.07, 6.45) is 0.857. The first-order chi connectivity index (χ1) is 10.6. The van der Waals surface area contributed by atoms with E-state index in [2.05, 4.69) is 0 Å². The Hall–Kier alpha value is -1.59. The topological polar surface area (TPSA) is 77.8 Å². The lowest BCUT2D eigenvalue weighted by molar-refractivity contribution is -0.142. The number of benzene rings is 1. The van der Waals surface area contributed by atoms with Crippen LogP contribution in [0.4, 0.5) is 0 Å². The fourth-order valence-electron chi connectivity index (χ4n) is 2.20. The highest BCUT2D eigenvalue weighted by Gasteiger charge is 2.38. The molecule has 0 bridgehead atoms. The third kappa shape index (κ3) is 4.71. The maximum absolute atomic E-state index is 11.6. The summed E-state index contributed by atoms with van der Waals surface area (Å²) < 4.78 is 12.8. The first-order valence-electron chi connectivity index (χ1n) is 6.78. The molecule has 0 saturated heterocycles. The van der Waals surface area contributed by atoms with Crippen LogP contribution in [0.25, 0.3) is 0 Å². The molecule has 2 unspecified atom stereocenters. The van der Waals surface area contributed by atoms with Crippen LogP contribution in [-0.2, 0) is 22.3 Å². The number of carboxylic acids is 1. The van der Waals surface area contributed by atoms with Crippen molar-refractivity contribution in [1.29, 1.82) is 0 Å². The van der Waals surface area contributed by atoms with Crippen molar-refractivity contribution in [2.75, 3.05) is 0 Å². The Morgan fingerprint density at radius 1 is 1.23 bits per heavy atom. The van der Waals surface area contributed by atoms with Gasteiger partial charge >= 0.3 is 14.1 Å². The van der Waals surface area contributed by atoms with Gasteiger partial charge in [-0.3, -0.25) is 4.79 Å². The van der Waals surface area contributed by atoms with Crippen molar-refractivity contribution in [1.82, 2.24) is 4.67 Å². The summed E-state index contributed by atoms with van der Waals surface area (Å²) in [7, 11) is -2.72. The second kappa shape index (κ2) is 8.15. The van der Waals surface area contributed by atoms with Crippen molar-refractivity contribution in [3.05, 3.63) is 58.3 Å². The van der Waals surface area contributed by atoms with Crippen molar-refractivity contribution < 1.29 is 19.4 Å². The average Bonchev–Trinajstić information content (AvgIpc) is 3.00. The van der Waals surface area contributed by atoms with E-state index < -0.39 is 20.2 Å². The molecular weight excluding hydrogens is 321 g/mol. The maximum Gasteiger partial charge on any atom is 0.614 e. The van der Waals surface area contributed by atoms with Gasteiger partial charge in [0.1, 0.15) is 0 Å². The maximum atomic E-state index is 11.6. The van der Waals surface area contributed by atoms with Crippen LogP contribution >= 0.6 is 19.5 Å². The van der Waals surface area contributed by atoms with Gasteiger partial charge in [0.15, 0.2) is 6.04 Å². The predicted molar refractivity (Wildman–Crippen MR) is 85.9 cm³/mol. The lowest BCUT2D eigenvalue weighted by atomic mass is 10.1. The van der Waals surface area contributed by atoms with Gasteiger partial charge in [-0.25, -0.2) is 0 Å². The van der Waals surface area contributed by atoms with Crippen LogP contribution in [0, 0.1) is 0 Å². The molecule has 2 N–H and O–H groups in total. The van der Waals surface area contributed by atoms with Gasteiger partial charge in [-0.15, -0.1) is 4.89 Å². The van der Waals surface area contributed by atoms with E-state index >= 15 is 0 Å². The average molecular weight is 338 g/mol. The van der Waals surface area contributed by atoms with Crippen LogP contribution in [0.5, 0.6) is 0 Å². The Morgan fingerprint density at radius 3 is 2.50 bits per heavy atom. The van der Waals surface area contributed by atoms with E-state index in [-0.39, 0.29) is 6.54 Å². The van der Waals surface area contributed by atoms with Crippen molar-refractivity contribution in [3.63, 3.8) is 0 Å². The normalized spacial score (nSPS) is 13.1. The highest BCUT2D eigenvalue weighted by molar-refractivity contribution is 7.35. The molecule has 22 heavy (non-hydrogen) atoms. The number of hydrogen-bond acceptors (Lipinski definition) is 3. The molecule has 0 amide bonds. The van der Waals surface area contributed by atoms with Crippen molar-refractivity contribution in [2.45, 2.75) is 25.4 Å². The predicted octanol–water partition coefficient (Wildman–Crippen LogP) is 3.29. The summed E-state index contributed by atoms with van der Waals surface area (Å²) >= 11 is 1.55. The fraction of sp³-hybridized carbons (Fsp3) is 0.267. The molecular formula is C15H17NO4PS+. The third-order valence-corrected chi connectivity index (χ3v) is 4.93. The van der Waals surface area contributed by atoms with Crippen LogP contribution in [0.3, 0.4) is 0 Å². The number of aryl methyl sites for hydroxylation is 1.